The smallest absolute Gasteiger partial charge is 0.311 e. The number of aliphatic carboxylic acids is 1. The van der Waals surface area contributed by atoms with Gasteiger partial charge in [0.15, 0.2) is 0 Å². The van der Waals surface area contributed by atoms with Crippen LogP contribution in [-0.4, -0.2) is 16.1 Å². The summed E-state index contributed by atoms with van der Waals surface area (Å²) in [5.74, 6) is -2.31. The van der Waals surface area contributed by atoms with Crippen molar-refractivity contribution in [2.24, 2.45) is 0 Å². The number of rotatable bonds is 5. The summed E-state index contributed by atoms with van der Waals surface area (Å²) in [6, 6.07) is 9.70. The highest BCUT2D eigenvalue weighted by molar-refractivity contribution is 5.76. The minimum absolute atomic E-state index is 0.235. The molecule has 4 heteroatoms. The van der Waals surface area contributed by atoms with Crippen LogP contribution in [-0.2, 0) is 11.2 Å². The highest BCUT2D eigenvalue weighted by atomic mass is 19.1. The maximum Gasteiger partial charge on any atom is 0.311 e. The lowest BCUT2D eigenvalue weighted by atomic mass is 9.92. The Morgan fingerprint density at radius 3 is 2.68 bits per heavy atom. The van der Waals surface area contributed by atoms with Crippen LogP contribution in [0.5, 0.6) is 0 Å². The first kappa shape index (κ1) is 13.2. The maximum atomic E-state index is 13.7. The van der Waals surface area contributed by atoms with Crippen LogP contribution >= 0.6 is 0 Å². The van der Waals surface area contributed by atoms with Gasteiger partial charge in [-0.2, -0.15) is 0 Å². The molecule has 2 aromatic rings. The number of nitrogens with zero attached hydrogens (tertiary/aromatic N) is 1. The number of carboxylic acids is 1. The second-order valence-corrected chi connectivity index (χ2v) is 4.31. The summed E-state index contributed by atoms with van der Waals surface area (Å²) < 4.78 is 13.7. The van der Waals surface area contributed by atoms with E-state index in [1.54, 1.807) is 30.6 Å². The molecule has 0 saturated carbocycles. The number of aryl methyl sites for hydroxylation is 1. The van der Waals surface area contributed by atoms with Crippen LogP contribution in [0.1, 0.15) is 23.5 Å². The molecule has 0 spiro atoms. The van der Waals surface area contributed by atoms with Crippen molar-refractivity contribution in [2.45, 2.75) is 18.8 Å². The van der Waals surface area contributed by atoms with Crippen LogP contribution < -0.4 is 0 Å². The van der Waals surface area contributed by atoms with E-state index in [2.05, 4.69) is 4.98 Å². The Labute approximate surface area is 110 Å². The zero-order valence-electron chi connectivity index (χ0n) is 10.3. The predicted octanol–water partition coefficient (Wildman–Crippen LogP) is 3.02. The van der Waals surface area contributed by atoms with E-state index in [1.165, 1.54) is 12.1 Å². The summed E-state index contributed by atoms with van der Waals surface area (Å²) in [5, 5.41) is 9.25. The fourth-order valence-corrected chi connectivity index (χ4v) is 2.03. The number of hydrogen-bond donors (Lipinski definition) is 1. The van der Waals surface area contributed by atoms with Gasteiger partial charge in [0.05, 0.1) is 5.92 Å². The quantitative estimate of drug-likeness (QED) is 0.897. The highest BCUT2D eigenvalue weighted by Gasteiger charge is 2.22. The number of aromatic nitrogens is 1. The van der Waals surface area contributed by atoms with Crippen molar-refractivity contribution in [1.82, 2.24) is 4.98 Å². The average molecular weight is 259 g/mol. The van der Waals surface area contributed by atoms with Gasteiger partial charge in [0.25, 0.3) is 0 Å². The molecule has 0 aliphatic rings. The van der Waals surface area contributed by atoms with E-state index in [-0.39, 0.29) is 5.56 Å². The molecule has 0 bridgehead atoms. The van der Waals surface area contributed by atoms with Crippen molar-refractivity contribution in [3.63, 3.8) is 0 Å². The molecular formula is C15H14FNO2. The fourth-order valence-electron chi connectivity index (χ4n) is 2.03. The lowest BCUT2D eigenvalue weighted by Gasteiger charge is -2.13. The van der Waals surface area contributed by atoms with Gasteiger partial charge in [0.1, 0.15) is 5.82 Å². The number of halogens is 1. The molecule has 0 saturated heterocycles. The molecule has 1 N–H and O–H groups in total. The van der Waals surface area contributed by atoms with Crippen molar-refractivity contribution < 1.29 is 14.3 Å². The van der Waals surface area contributed by atoms with Gasteiger partial charge in [-0.25, -0.2) is 4.39 Å². The first-order valence-corrected chi connectivity index (χ1v) is 6.04. The third-order valence-corrected chi connectivity index (χ3v) is 3.02. The predicted molar refractivity (Wildman–Crippen MR) is 69.3 cm³/mol. The van der Waals surface area contributed by atoms with E-state index in [0.29, 0.717) is 12.8 Å². The number of carboxylic acid groups (broad SMARTS) is 1. The molecule has 0 fully saturated rings. The SMILES string of the molecule is O=C(O)C(CCc1cccnc1)c1ccccc1F. The molecule has 0 aliphatic carbocycles. The monoisotopic (exact) mass is 259 g/mol. The van der Waals surface area contributed by atoms with Crippen LogP contribution in [0, 0.1) is 5.82 Å². The maximum absolute atomic E-state index is 13.7. The summed E-state index contributed by atoms with van der Waals surface area (Å²) in [6.45, 7) is 0. The van der Waals surface area contributed by atoms with Crippen molar-refractivity contribution in [2.75, 3.05) is 0 Å². The second-order valence-electron chi connectivity index (χ2n) is 4.31. The van der Waals surface area contributed by atoms with E-state index in [9.17, 15) is 14.3 Å². The molecule has 1 atom stereocenters. The van der Waals surface area contributed by atoms with Crippen molar-refractivity contribution in [3.8, 4) is 0 Å². The van der Waals surface area contributed by atoms with Gasteiger partial charge in [0, 0.05) is 18.0 Å². The largest absolute Gasteiger partial charge is 0.481 e. The molecule has 98 valence electrons. The van der Waals surface area contributed by atoms with E-state index in [1.807, 2.05) is 6.07 Å². The number of carbonyl (C=O) groups is 1. The Hall–Kier alpha value is -2.23. The standard InChI is InChI=1S/C15H14FNO2/c16-14-6-2-1-5-12(14)13(15(18)19)8-7-11-4-3-9-17-10-11/h1-6,9-10,13H,7-8H2,(H,18,19). The van der Waals surface area contributed by atoms with Crippen molar-refractivity contribution >= 4 is 5.97 Å². The summed E-state index contributed by atoms with van der Waals surface area (Å²) in [6.07, 6.45) is 4.26. The third-order valence-electron chi connectivity index (χ3n) is 3.02. The first-order valence-electron chi connectivity index (χ1n) is 6.04. The highest BCUT2D eigenvalue weighted by Crippen LogP contribution is 2.24. The molecule has 0 amide bonds. The summed E-state index contributed by atoms with van der Waals surface area (Å²) >= 11 is 0. The normalized spacial score (nSPS) is 12.1. The van der Waals surface area contributed by atoms with Crippen LogP contribution in [0.15, 0.2) is 48.8 Å². The van der Waals surface area contributed by atoms with E-state index in [4.69, 9.17) is 0 Å². The average Bonchev–Trinajstić information content (AvgIpc) is 2.42. The number of benzene rings is 1. The molecule has 3 nitrogen and oxygen atoms in total. The molecular weight excluding hydrogens is 245 g/mol. The minimum Gasteiger partial charge on any atom is -0.481 e. The first-order chi connectivity index (χ1) is 9.18. The lowest BCUT2D eigenvalue weighted by Crippen LogP contribution is -2.14. The summed E-state index contributed by atoms with van der Waals surface area (Å²) in [7, 11) is 0. The lowest BCUT2D eigenvalue weighted by molar-refractivity contribution is -0.139. The zero-order chi connectivity index (χ0) is 13.7. The van der Waals surface area contributed by atoms with E-state index >= 15 is 0 Å². The van der Waals surface area contributed by atoms with Crippen LogP contribution in [0.25, 0.3) is 0 Å². The Bertz CT molecular complexity index is 557. The van der Waals surface area contributed by atoms with E-state index in [0.717, 1.165) is 5.56 Å². The topological polar surface area (TPSA) is 50.2 Å². The Balaban J connectivity index is 2.14. The van der Waals surface area contributed by atoms with Crippen LogP contribution in [0.4, 0.5) is 4.39 Å². The zero-order valence-corrected chi connectivity index (χ0v) is 10.3. The van der Waals surface area contributed by atoms with Crippen molar-refractivity contribution in [1.29, 1.82) is 0 Å². The third kappa shape index (κ3) is 3.37. The molecule has 1 unspecified atom stereocenters. The van der Waals surface area contributed by atoms with Crippen molar-refractivity contribution in [3.05, 3.63) is 65.7 Å². The van der Waals surface area contributed by atoms with Gasteiger partial charge in [-0.1, -0.05) is 24.3 Å². The molecule has 1 aromatic heterocycles. The molecule has 2 rings (SSSR count). The number of hydrogen-bond acceptors (Lipinski definition) is 2. The summed E-state index contributed by atoms with van der Waals surface area (Å²) in [5.41, 5.74) is 1.18. The van der Waals surface area contributed by atoms with E-state index < -0.39 is 17.7 Å². The Kier molecular flexibility index (Phi) is 4.23. The van der Waals surface area contributed by atoms with Gasteiger partial charge in [-0.05, 0) is 30.5 Å². The van der Waals surface area contributed by atoms with Gasteiger partial charge in [0.2, 0.25) is 0 Å². The minimum atomic E-state index is -1.01. The van der Waals surface area contributed by atoms with Gasteiger partial charge >= 0.3 is 5.97 Å². The van der Waals surface area contributed by atoms with Crippen LogP contribution in [0.3, 0.4) is 0 Å². The Morgan fingerprint density at radius 2 is 2.05 bits per heavy atom. The summed E-state index contributed by atoms with van der Waals surface area (Å²) in [4.78, 5) is 15.3. The molecule has 0 aliphatic heterocycles. The molecule has 0 radical (unpaired) electrons. The molecule has 1 aromatic carbocycles. The van der Waals surface area contributed by atoms with Gasteiger partial charge in [-0.3, -0.25) is 9.78 Å². The second kappa shape index (κ2) is 6.09. The number of pyridine rings is 1. The molecule has 1 heterocycles. The van der Waals surface area contributed by atoms with Gasteiger partial charge in [-0.15, -0.1) is 0 Å². The van der Waals surface area contributed by atoms with Crippen LogP contribution in [0.2, 0.25) is 0 Å². The Morgan fingerprint density at radius 1 is 1.26 bits per heavy atom. The molecule has 19 heavy (non-hydrogen) atoms. The fraction of sp³-hybridized carbons (Fsp3) is 0.200. The van der Waals surface area contributed by atoms with Gasteiger partial charge < -0.3 is 5.11 Å².